The van der Waals surface area contributed by atoms with E-state index in [0.29, 0.717) is 0 Å². The molecule has 7 nitrogen and oxygen atoms in total. The van der Waals surface area contributed by atoms with Crippen LogP contribution in [0.1, 0.15) is 0 Å². The van der Waals surface area contributed by atoms with E-state index in [2.05, 4.69) is 31.2 Å². The first kappa shape index (κ1) is 13.1. The first-order valence-electron chi connectivity index (χ1n) is 4.93. The fourth-order valence-corrected chi connectivity index (χ4v) is 1.51. The lowest BCUT2D eigenvalue weighted by Gasteiger charge is -2.05. The number of aromatic amines is 1. The van der Waals surface area contributed by atoms with Crippen LogP contribution < -0.4 is 10.9 Å². The predicted octanol–water partition coefficient (Wildman–Crippen LogP) is 2.32. The topological polar surface area (TPSA) is 101 Å². The summed E-state index contributed by atoms with van der Waals surface area (Å²) in [5.74, 6) is -0.845. The van der Waals surface area contributed by atoms with E-state index in [0.717, 1.165) is 12.1 Å². The van der Waals surface area contributed by atoms with E-state index in [9.17, 15) is 19.3 Å². The SMILES string of the molecule is O=c1[nH]c(Nc2ccc(F)c([N+](=O)[O-])c2)ncc1Br. The van der Waals surface area contributed by atoms with E-state index >= 15 is 0 Å². The van der Waals surface area contributed by atoms with Crippen molar-refractivity contribution in [2.45, 2.75) is 0 Å². The van der Waals surface area contributed by atoms with Crippen LogP contribution in [0.4, 0.5) is 21.7 Å². The quantitative estimate of drug-likeness (QED) is 0.665. The first-order valence-corrected chi connectivity index (χ1v) is 5.72. The Balaban J connectivity index is 2.33. The number of anilines is 2. The molecule has 0 radical (unpaired) electrons. The average Bonchev–Trinajstić information content (AvgIpc) is 2.36. The van der Waals surface area contributed by atoms with Crippen molar-refractivity contribution in [2.24, 2.45) is 0 Å². The minimum atomic E-state index is -0.937. The molecule has 2 rings (SSSR count). The summed E-state index contributed by atoms with van der Waals surface area (Å²) in [5, 5.41) is 13.2. The third-order valence-corrected chi connectivity index (χ3v) is 2.73. The van der Waals surface area contributed by atoms with Crippen molar-refractivity contribution in [1.82, 2.24) is 9.97 Å². The van der Waals surface area contributed by atoms with Gasteiger partial charge in [-0.05, 0) is 28.1 Å². The minimum absolute atomic E-state index is 0.0918. The molecule has 0 bridgehead atoms. The summed E-state index contributed by atoms with van der Waals surface area (Å²) < 4.78 is 13.4. The maximum absolute atomic E-state index is 13.1. The molecule has 1 heterocycles. The van der Waals surface area contributed by atoms with Gasteiger partial charge in [-0.2, -0.15) is 4.39 Å². The molecule has 1 aromatic heterocycles. The highest BCUT2D eigenvalue weighted by Crippen LogP contribution is 2.23. The van der Waals surface area contributed by atoms with Gasteiger partial charge in [0.15, 0.2) is 0 Å². The van der Waals surface area contributed by atoms with Crippen LogP contribution in [0.3, 0.4) is 0 Å². The van der Waals surface area contributed by atoms with Crippen molar-refractivity contribution in [3.05, 3.63) is 55.2 Å². The molecule has 98 valence electrons. The normalized spacial score (nSPS) is 10.2. The van der Waals surface area contributed by atoms with E-state index in [-0.39, 0.29) is 16.1 Å². The summed E-state index contributed by atoms with van der Waals surface area (Å²) in [4.78, 5) is 27.3. The van der Waals surface area contributed by atoms with Crippen LogP contribution in [-0.2, 0) is 0 Å². The van der Waals surface area contributed by atoms with E-state index in [1.165, 1.54) is 12.3 Å². The third-order valence-electron chi connectivity index (χ3n) is 2.16. The Labute approximate surface area is 113 Å². The average molecular weight is 329 g/mol. The summed E-state index contributed by atoms with van der Waals surface area (Å²) in [6.07, 6.45) is 1.28. The largest absolute Gasteiger partial charge is 0.325 e. The Bertz CT molecular complexity index is 703. The summed E-state index contributed by atoms with van der Waals surface area (Å²) >= 11 is 2.98. The maximum Gasteiger partial charge on any atom is 0.306 e. The molecule has 0 aliphatic carbocycles. The zero-order valence-electron chi connectivity index (χ0n) is 9.18. The Hall–Kier alpha value is -2.29. The van der Waals surface area contributed by atoms with E-state index in [1.807, 2.05) is 0 Å². The summed E-state index contributed by atoms with van der Waals surface area (Å²) in [6, 6.07) is 3.26. The Kier molecular flexibility index (Phi) is 3.56. The van der Waals surface area contributed by atoms with Crippen molar-refractivity contribution in [3.63, 3.8) is 0 Å². The molecule has 0 aliphatic rings. The van der Waals surface area contributed by atoms with E-state index in [1.54, 1.807) is 0 Å². The number of nitro benzene ring substituents is 1. The molecule has 0 unspecified atom stereocenters. The third kappa shape index (κ3) is 2.94. The Morgan fingerprint density at radius 2 is 2.21 bits per heavy atom. The number of halogens is 2. The predicted molar refractivity (Wildman–Crippen MR) is 68.9 cm³/mol. The highest BCUT2D eigenvalue weighted by atomic mass is 79.9. The molecule has 0 amide bonds. The van der Waals surface area contributed by atoms with Gasteiger partial charge in [0, 0.05) is 11.8 Å². The van der Waals surface area contributed by atoms with Crippen molar-refractivity contribution in [1.29, 1.82) is 0 Å². The highest BCUT2D eigenvalue weighted by molar-refractivity contribution is 9.10. The zero-order valence-corrected chi connectivity index (χ0v) is 10.8. The smallest absolute Gasteiger partial charge is 0.306 e. The van der Waals surface area contributed by atoms with Gasteiger partial charge in [0.1, 0.15) is 4.47 Å². The molecule has 0 spiro atoms. The van der Waals surface area contributed by atoms with Crippen LogP contribution in [-0.4, -0.2) is 14.9 Å². The second-order valence-corrected chi connectivity index (χ2v) is 4.31. The first-order chi connectivity index (χ1) is 8.97. The van der Waals surface area contributed by atoms with Gasteiger partial charge in [-0.15, -0.1) is 0 Å². The van der Waals surface area contributed by atoms with Gasteiger partial charge in [-0.3, -0.25) is 19.9 Å². The molecule has 2 N–H and O–H groups in total. The number of nitrogens with zero attached hydrogens (tertiary/aromatic N) is 2. The molecule has 0 saturated carbocycles. The molecular weight excluding hydrogens is 323 g/mol. The lowest BCUT2D eigenvalue weighted by atomic mass is 10.2. The highest BCUT2D eigenvalue weighted by Gasteiger charge is 2.14. The summed E-state index contributed by atoms with van der Waals surface area (Å²) in [7, 11) is 0. The van der Waals surface area contributed by atoms with Crippen LogP contribution in [0.15, 0.2) is 33.7 Å². The van der Waals surface area contributed by atoms with Gasteiger partial charge in [0.05, 0.1) is 11.1 Å². The number of H-pyrrole nitrogens is 1. The number of nitrogens with one attached hydrogen (secondary N) is 2. The van der Waals surface area contributed by atoms with Gasteiger partial charge in [0.25, 0.3) is 5.56 Å². The molecule has 0 aliphatic heterocycles. The number of nitro groups is 1. The second kappa shape index (κ2) is 5.14. The number of hydrogen-bond donors (Lipinski definition) is 2. The van der Waals surface area contributed by atoms with Crippen LogP contribution >= 0.6 is 15.9 Å². The van der Waals surface area contributed by atoms with Gasteiger partial charge in [-0.25, -0.2) is 4.98 Å². The van der Waals surface area contributed by atoms with E-state index in [4.69, 9.17) is 0 Å². The molecule has 0 saturated heterocycles. The van der Waals surface area contributed by atoms with Crippen LogP contribution in [0.5, 0.6) is 0 Å². The van der Waals surface area contributed by atoms with Crippen molar-refractivity contribution >= 4 is 33.3 Å². The Morgan fingerprint density at radius 3 is 2.84 bits per heavy atom. The van der Waals surface area contributed by atoms with Crippen LogP contribution in [0.25, 0.3) is 0 Å². The maximum atomic E-state index is 13.1. The van der Waals surface area contributed by atoms with E-state index < -0.39 is 22.0 Å². The van der Waals surface area contributed by atoms with Crippen molar-refractivity contribution < 1.29 is 9.31 Å². The second-order valence-electron chi connectivity index (χ2n) is 3.46. The molecule has 9 heteroatoms. The van der Waals surface area contributed by atoms with Gasteiger partial charge >= 0.3 is 5.69 Å². The standard InChI is InChI=1S/C10H6BrFN4O3/c11-6-4-13-10(15-9(6)17)14-5-1-2-7(12)8(3-5)16(18)19/h1-4H,(H2,13,14,15,17). The number of benzene rings is 1. The lowest BCUT2D eigenvalue weighted by molar-refractivity contribution is -0.387. The molecule has 19 heavy (non-hydrogen) atoms. The lowest BCUT2D eigenvalue weighted by Crippen LogP contribution is -2.10. The van der Waals surface area contributed by atoms with Gasteiger partial charge in [-0.1, -0.05) is 0 Å². The molecular formula is C10H6BrFN4O3. The van der Waals surface area contributed by atoms with Crippen molar-refractivity contribution in [3.8, 4) is 0 Å². The van der Waals surface area contributed by atoms with Gasteiger partial charge < -0.3 is 5.32 Å². The number of aromatic nitrogens is 2. The van der Waals surface area contributed by atoms with Crippen LogP contribution in [0, 0.1) is 15.9 Å². The van der Waals surface area contributed by atoms with Crippen LogP contribution in [0.2, 0.25) is 0 Å². The molecule has 1 aromatic carbocycles. The monoisotopic (exact) mass is 328 g/mol. The minimum Gasteiger partial charge on any atom is -0.325 e. The zero-order chi connectivity index (χ0) is 14.0. The molecule has 2 aromatic rings. The number of rotatable bonds is 3. The van der Waals surface area contributed by atoms with Crippen molar-refractivity contribution in [2.75, 3.05) is 5.32 Å². The van der Waals surface area contributed by atoms with Gasteiger partial charge in [0.2, 0.25) is 11.8 Å². The molecule has 0 fully saturated rings. The summed E-state index contributed by atoms with van der Waals surface area (Å²) in [5.41, 5.74) is -0.836. The number of hydrogen-bond acceptors (Lipinski definition) is 5. The Morgan fingerprint density at radius 1 is 1.47 bits per heavy atom. The fourth-order valence-electron chi connectivity index (χ4n) is 1.31. The summed E-state index contributed by atoms with van der Waals surface area (Å²) in [6.45, 7) is 0. The fraction of sp³-hybridized carbons (Fsp3) is 0. The molecule has 0 atom stereocenters.